The van der Waals surface area contributed by atoms with Crippen molar-refractivity contribution in [1.29, 1.82) is 5.26 Å². The average Bonchev–Trinajstić information content (AvgIpc) is 2.62. The minimum Gasteiger partial charge on any atom is -0.366 e. The molecule has 0 fully saturated rings. The van der Waals surface area contributed by atoms with Gasteiger partial charge in [0, 0.05) is 19.5 Å². The Morgan fingerprint density at radius 3 is 2.64 bits per heavy atom. The lowest BCUT2D eigenvalue weighted by Gasteiger charge is -2.31. The zero-order valence-corrected chi connectivity index (χ0v) is 17.2. The Labute approximate surface area is 167 Å². The van der Waals surface area contributed by atoms with E-state index < -0.39 is 0 Å². The summed E-state index contributed by atoms with van der Waals surface area (Å²) in [4.78, 5) is 19.4. The lowest BCUT2D eigenvalue weighted by atomic mass is 9.92. The second kappa shape index (κ2) is 8.02. The van der Waals surface area contributed by atoms with Crippen LogP contribution in [0.3, 0.4) is 0 Å². The van der Waals surface area contributed by atoms with Gasteiger partial charge in [-0.2, -0.15) is 5.26 Å². The van der Waals surface area contributed by atoms with E-state index in [1.165, 1.54) is 5.56 Å². The van der Waals surface area contributed by atoms with Crippen molar-refractivity contribution in [3.63, 3.8) is 0 Å². The van der Waals surface area contributed by atoms with Crippen molar-refractivity contribution in [1.82, 2.24) is 4.98 Å². The van der Waals surface area contributed by atoms with E-state index in [9.17, 15) is 4.79 Å². The Morgan fingerprint density at radius 2 is 2.00 bits per heavy atom. The SMILES string of the molecule is Cc1cc2c(nc1NC(=O)CC(C)(C)C)CCCN2Cc1ccc(C#N)cc1. The number of nitrogens with zero attached hydrogens (tertiary/aromatic N) is 3. The number of hydrogen-bond donors (Lipinski definition) is 1. The quantitative estimate of drug-likeness (QED) is 0.847. The number of amides is 1. The van der Waals surface area contributed by atoms with Gasteiger partial charge in [0.1, 0.15) is 5.82 Å². The molecule has 0 saturated heterocycles. The number of benzene rings is 1. The highest BCUT2D eigenvalue weighted by molar-refractivity contribution is 5.91. The van der Waals surface area contributed by atoms with E-state index in [1.807, 2.05) is 31.2 Å². The fourth-order valence-electron chi connectivity index (χ4n) is 3.51. The van der Waals surface area contributed by atoms with Crippen LogP contribution < -0.4 is 10.2 Å². The average molecular weight is 377 g/mol. The minimum atomic E-state index is -0.0515. The third-order valence-electron chi connectivity index (χ3n) is 4.86. The Hall–Kier alpha value is -2.87. The third kappa shape index (κ3) is 4.89. The first kappa shape index (κ1) is 19.9. The van der Waals surface area contributed by atoms with Crippen LogP contribution >= 0.6 is 0 Å². The van der Waals surface area contributed by atoms with Gasteiger partial charge in [-0.15, -0.1) is 0 Å². The van der Waals surface area contributed by atoms with Crippen molar-refractivity contribution in [3.8, 4) is 6.07 Å². The number of nitriles is 1. The van der Waals surface area contributed by atoms with Crippen LogP contribution in [-0.2, 0) is 17.8 Å². The molecule has 146 valence electrons. The first-order valence-corrected chi connectivity index (χ1v) is 9.79. The summed E-state index contributed by atoms with van der Waals surface area (Å²) in [6, 6.07) is 12.0. The lowest BCUT2D eigenvalue weighted by Crippen LogP contribution is -2.30. The molecule has 1 aliphatic heterocycles. The number of carbonyl (C=O) groups excluding carboxylic acids is 1. The molecule has 1 N–H and O–H groups in total. The summed E-state index contributed by atoms with van der Waals surface area (Å²) < 4.78 is 0. The van der Waals surface area contributed by atoms with E-state index in [-0.39, 0.29) is 11.3 Å². The van der Waals surface area contributed by atoms with Gasteiger partial charge in [0.15, 0.2) is 0 Å². The second-order valence-corrected chi connectivity index (χ2v) is 8.74. The first-order valence-electron chi connectivity index (χ1n) is 9.79. The van der Waals surface area contributed by atoms with Crippen LogP contribution in [0.25, 0.3) is 0 Å². The van der Waals surface area contributed by atoms with E-state index in [0.29, 0.717) is 17.8 Å². The van der Waals surface area contributed by atoms with E-state index >= 15 is 0 Å². The Morgan fingerprint density at radius 1 is 1.29 bits per heavy atom. The van der Waals surface area contributed by atoms with Gasteiger partial charge in [-0.05, 0) is 54.5 Å². The molecule has 1 aliphatic rings. The molecule has 0 radical (unpaired) electrons. The van der Waals surface area contributed by atoms with Crippen LogP contribution in [0.2, 0.25) is 0 Å². The molecule has 0 atom stereocenters. The summed E-state index contributed by atoms with van der Waals surface area (Å²) in [7, 11) is 0. The summed E-state index contributed by atoms with van der Waals surface area (Å²) in [6.45, 7) is 9.93. The molecular formula is C23H28N4O. The number of fused-ring (bicyclic) bond motifs is 1. The van der Waals surface area contributed by atoms with Crippen molar-refractivity contribution in [2.75, 3.05) is 16.8 Å². The zero-order chi connectivity index (χ0) is 20.3. The van der Waals surface area contributed by atoms with Gasteiger partial charge < -0.3 is 10.2 Å². The van der Waals surface area contributed by atoms with E-state index in [2.05, 4.69) is 43.1 Å². The van der Waals surface area contributed by atoms with Crippen LogP contribution in [0.5, 0.6) is 0 Å². The molecule has 0 saturated carbocycles. The number of nitrogens with one attached hydrogen (secondary N) is 1. The Balaban J connectivity index is 1.79. The van der Waals surface area contributed by atoms with Crippen molar-refractivity contribution in [2.45, 2.75) is 53.5 Å². The van der Waals surface area contributed by atoms with Gasteiger partial charge in [0.2, 0.25) is 5.91 Å². The lowest BCUT2D eigenvalue weighted by molar-refractivity contribution is -0.117. The van der Waals surface area contributed by atoms with Gasteiger partial charge >= 0.3 is 0 Å². The maximum atomic E-state index is 12.3. The number of aryl methyl sites for hydroxylation is 2. The highest BCUT2D eigenvalue weighted by Gasteiger charge is 2.22. The highest BCUT2D eigenvalue weighted by Crippen LogP contribution is 2.31. The van der Waals surface area contributed by atoms with Crippen LogP contribution in [0.1, 0.15) is 56.0 Å². The molecular weight excluding hydrogens is 348 g/mol. The fraction of sp³-hybridized carbons (Fsp3) is 0.435. The van der Waals surface area contributed by atoms with E-state index in [0.717, 1.165) is 42.9 Å². The molecule has 1 aromatic heterocycles. The summed E-state index contributed by atoms with van der Waals surface area (Å²) in [5, 5.41) is 12.0. The molecule has 0 unspecified atom stereocenters. The van der Waals surface area contributed by atoms with E-state index in [1.54, 1.807) is 0 Å². The van der Waals surface area contributed by atoms with Crippen LogP contribution in [0.4, 0.5) is 11.5 Å². The second-order valence-electron chi connectivity index (χ2n) is 8.74. The van der Waals surface area contributed by atoms with Gasteiger partial charge in [-0.25, -0.2) is 4.98 Å². The van der Waals surface area contributed by atoms with Crippen LogP contribution in [0.15, 0.2) is 30.3 Å². The highest BCUT2D eigenvalue weighted by atomic mass is 16.1. The first-order chi connectivity index (χ1) is 13.2. The van der Waals surface area contributed by atoms with Gasteiger partial charge in [0.05, 0.1) is 23.0 Å². The molecule has 5 heteroatoms. The monoisotopic (exact) mass is 376 g/mol. The Bertz CT molecular complexity index is 904. The number of pyridine rings is 1. The number of aromatic nitrogens is 1. The summed E-state index contributed by atoms with van der Waals surface area (Å²) in [5.74, 6) is 0.682. The zero-order valence-electron chi connectivity index (χ0n) is 17.2. The molecule has 0 spiro atoms. The van der Waals surface area contributed by atoms with Gasteiger partial charge in [0.25, 0.3) is 0 Å². The largest absolute Gasteiger partial charge is 0.366 e. The maximum Gasteiger partial charge on any atom is 0.226 e. The predicted molar refractivity (Wildman–Crippen MR) is 112 cm³/mol. The maximum absolute atomic E-state index is 12.3. The molecule has 1 aromatic carbocycles. The predicted octanol–water partition coefficient (Wildman–Crippen LogP) is 4.59. The smallest absolute Gasteiger partial charge is 0.226 e. The molecule has 0 bridgehead atoms. The molecule has 2 aromatic rings. The van der Waals surface area contributed by atoms with Gasteiger partial charge in [-0.1, -0.05) is 32.9 Å². The molecule has 2 heterocycles. The number of hydrogen-bond acceptors (Lipinski definition) is 4. The molecule has 28 heavy (non-hydrogen) atoms. The topological polar surface area (TPSA) is 69.0 Å². The van der Waals surface area contributed by atoms with Crippen molar-refractivity contribution in [2.24, 2.45) is 5.41 Å². The molecule has 3 rings (SSSR count). The normalized spacial score (nSPS) is 13.6. The number of anilines is 2. The summed E-state index contributed by atoms with van der Waals surface area (Å²) in [5.41, 5.74) is 4.96. The van der Waals surface area contributed by atoms with Crippen molar-refractivity contribution >= 4 is 17.4 Å². The van der Waals surface area contributed by atoms with E-state index in [4.69, 9.17) is 10.2 Å². The third-order valence-corrected chi connectivity index (χ3v) is 4.86. The standard InChI is InChI=1S/C23H28N4O/c1-16-12-20-19(25-22(16)26-21(28)13-23(2,3)4)6-5-11-27(20)15-18-9-7-17(14-24)8-10-18/h7-10,12H,5-6,11,13,15H2,1-4H3,(H,25,26,28). The van der Waals surface area contributed by atoms with Crippen molar-refractivity contribution in [3.05, 3.63) is 52.7 Å². The minimum absolute atomic E-state index is 0.00768. The molecule has 1 amide bonds. The number of carbonyl (C=O) groups is 1. The van der Waals surface area contributed by atoms with Crippen LogP contribution in [0, 0.1) is 23.7 Å². The molecule has 5 nitrogen and oxygen atoms in total. The van der Waals surface area contributed by atoms with Gasteiger partial charge in [-0.3, -0.25) is 4.79 Å². The summed E-state index contributed by atoms with van der Waals surface area (Å²) in [6.07, 6.45) is 2.42. The summed E-state index contributed by atoms with van der Waals surface area (Å²) >= 11 is 0. The molecule has 0 aliphatic carbocycles. The Kier molecular flexibility index (Phi) is 5.69. The number of rotatable bonds is 4. The van der Waals surface area contributed by atoms with Crippen molar-refractivity contribution < 1.29 is 4.79 Å². The fourth-order valence-corrected chi connectivity index (χ4v) is 3.51. The van der Waals surface area contributed by atoms with Crippen LogP contribution in [-0.4, -0.2) is 17.4 Å².